The summed E-state index contributed by atoms with van der Waals surface area (Å²) in [5.41, 5.74) is 1.23. The van der Waals surface area contributed by atoms with Gasteiger partial charge in [0.05, 0.1) is 19.4 Å². The number of amides is 1. The van der Waals surface area contributed by atoms with Gasteiger partial charge in [0.15, 0.2) is 18.1 Å². The Kier molecular flexibility index (Phi) is 7.41. The Hall–Kier alpha value is -3.29. The van der Waals surface area contributed by atoms with E-state index in [4.69, 9.17) is 18.7 Å². The Labute approximate surface area is 169 Å². The molecule has 0 saturated carbocycles. The summed E-state index contributed by atoms with van der Waals surface area (Å²) in [4.78, 5) is 23.8. The van der Waals surface area contributed by atoms with Gasteiger partial charge < -0.3 is 18.7 Å². The Morgan fingerprint density at radius 1 is 1.21 bits per heavy atom. The molecule has 0 bridgehead atoms. The second-order valence-electron chi connectivity index (χ2n) is 7.16. The fraction of sp³-hybridized carbons (Fsp3) is 0.381. The average molecular weight is 402 g/mol. The number of hydrogen-bond acceptors (Lipinski definition) is 7. The van der Waals surface area contributed by atoms with Crippen LogP contribution in [0.25, 0.3) is 6.08 Å². The van der Waals surface area contributed by atoms with E-state index in [9.17, 15) is 9.59 Å². The smallest absolute Gasteiger partial charge is 0.331 e. The van der Waals surface area contributed by atoms with Gasteiger partial charge in [-0.25, -0.2) is 4.79 Å². The van der Waals surface area contributed by atoms with E-state index < -0.39 is 18.5 Å². The first-order valence-electron chi connectivity index (χ1n) is 9.15. The molecule has 156 valence electrons. The van der Waals surface area contributed by atoms with Crippen LogP contribution in [-0.4, -0.2) is 37.4 Å². The first-order chi connectivity index (χ1) is 13.7. The molecule has 1 aromatic heterocycles. The fourth-order valence-corrected chi connectivity index (χ4v) is 2.27. The zero-order valence-corrected chi connectivity index (χ0v) is 17.3. The second-order valence-corrected chi connectivity index (χ2v) is 7.16. The predicted molar refractivity (Wildman–Crippen MR) is 108 cm³/mol. The van der Waals surface area contributed by atoms with E-state index in [0.29, 0.717) is 23.8 Å². The van der Waals surface area contributed by atoms with E-state index in [1.165, 1.54) is 13.2 Å². The molecule has 0 aliphatic rings. The third kappa shape index (κ3) is 6.67. The first-order valence-corrected chi connectivity index (χ1v) is 9.15. The summed E-state index contributed by atoms with van der Waals surface area (Å²) >= 11 is 0. The molecule has 0 saturated heterocycles. The van der Waals surface area contributed by atoms with E-state index >= 15 is 0 Å². The summed E-state index contributed by atoms with van der Waals surface area (Å²) in [6.07, 6.45) is 2.79. The predicted octanol–water partition coefficient (Wildman–Crippen LogP) is 3.57. The lowest BCUT2D eigenvalue weighted by molar-refractivity contribution is -0.142. The quantitative estimate of drug-likeness (QED) is 0.532. The number of nitrogens with one attached hydrogen (secondary N) is 1. The molecule has 0 aliphatic carbocycles. The Morgan fingerprint density at radius 2 is 1.97 bits per heavy atom. The molecule has 1 aromatic carbocycles. The minimum Gasteiger partial charge on any atom is -0.493 e. The van der Waals surface area contributed by atoms with Crippen molar-refractivity contribution in [3.63, 3.8) is 0 Å². The zero-order valence-electron chi connectivity index (χ0n) is 17.3. The van der Waals surface area contributed by atoms with Crippen molar-refractivity contribution in [1.82, 2.24) is 5.16 Å². The summed E-state index contributed by atoms with van der Waals surface area (Å²) in [5.74, 6) is 0.205. The molecular formula is C21H26N2O6. The Morgan fingerprint density at radius 3 is 2.59 bits per heavy atom. The van der Waals surface area contributed by atoms with Crippen molar-refractivity contribution in [2.75, 3.05) is 25.6 Å². The first kappa shape index (κ1) is 22.0. The van der Waals surface area contributed by atoms with Crippen LogP contribution in [0.15, 0.2) is 34.9 Å². The van der Waals surface area contributed by atoms with Gasteiger partial charge in [0.1, 0.15) is 0 Å². The number of carbonyl (C=O) groups excluding carboxylic acids is 2. The fourth-order valence-electron chi connectivity index (χ4n) is 2.27. The molecule has 29 heavy (non-hydrogen) atoms. The molecule has 0 unspecified atom stereocenters. The number of nitrogens with zero attached hydrogens (tertiary/aromatic N) is 1. The molecule has 0 fully saturated rings. The number of methoxy groups -OCH3 is 1. The average Bonchev–Trinajstić information content (AvgIpc) is 3.14. The number of benzene rings is 1. The molecule has 1 amide bonds. The lowest BCUT2D eigenvalue weighted by Gasteiger charge is -2.12. The van der Waals surface area contributed by atoms with Gasteiger partial charge in [-0.05, 0) is 30.7 Å². The molecule has 1 N–H and O–H groups in total. The van der Waals surface area contributed by atoms with Crippen molar-refractivity contribution in [3.8, 4) is 11.5 Å². The molecule has 1 heterocycles. The molecule has 8 heteroatoms. The number of carbonyl (C=O) groups is 2. The number of ether oxygens (including phenoxy) is 3. The van der Waals surface area contributed by atoms with Crippen molar-refractivity contribution >= 4 is 23.8 Å². The van der Waals surface area contributed by atoms with Crippen LogP contribution in [0.5, 0.6) is 11.5 Å². The molecule has 2 rings (SSSR count). The normalized spacial score (nSPS) is 11.3. The van der Waals surface area contributed by atoms with Crippen molar-refractivity contribution < 1.29 is 28.3 Å². The maximum atomic E-state index is 11.9. The minimum absolute atomic E-state index is 0.201. The van der Waals surface area contributed by atoms with Gasteiger partial charge in [0, 0.05) is 17.6 Å². The highest BCUT2D eigenvalue weighted by atomic mass is 16.5. The largest absolute Gasteiger partial charge is 0.493 e. The van der Waals surface area contributed by atoms with Crippen LogP contribution in [0.1, 0.15) is 39.0 Å². The lowest BCUT2D eigenvalue weighted by Crippen LogP contribution is -2.19. The Bertz CT molecular complexity index is 880. The Balaban J connectivity index is 1.86. The number of hydrogen-bond donors (Lipinski definition) is 1. The summed E-state index contributed by atoms with van der Waals surface area (Å²) in [6.45, 7) is 7.89. The van der Waals surface area contributed by atoms with Crippen LogP contribution >= 0.6 is 0 Å². The van der Waals surface area contributed by atoms with Crippen molar-refractivity contribution in [2.45, 2.75) is 33.1 Å². The van der Waals surface area contributed by atoms with Gasteiger partial charge >= 0.3 is 5.97 Å². The van der Waals surface area contributed by atoms with Crippen LogP contribution in [0.3, 0.4) is 0 Å². The molecule has 0 aliphatic heterocycles. The maximum absolute atomic E-state index is 11.9. The standard InChI is InChI=1S/C21H26N2O6/c1-6-27-15-9-7-14(11-16(15)26-5)8-10-20(25)28-13-18(24)22-19-12-17(23-29-19)21(2,3)4/h7-12H,6,13H2,1-5H3,(H,22,24)/b10-8+. The van der Waals surface area contributed by atoms with Gasteiger partial charge in [-0.15, -0.1) is 0 Å². The number of anilines is 1. The van der Waals surface area contributed by atoms with Crippen LogP contribution in [0.4, 0.5) is 5.88 Å². The van der Waals surface area contributed by atoms with Gasteiger partial charge in [-0.1, -0.05) is 32.0 Å². The van der Waals surface area contributed by atoms with Crippen molar-refractivity contribution in [2.24, 2.45) is 0 Å². The third-order valence-corrected chi connectivity index (χ3v) is 3.79. The van der Waals surface area contributed by atoms with Gasteiger partial charge in [-0.3, -0.25) is 10.1 Å². The van der Waals surface area contributed by atoms with E-state index in [2.05, 4.69) is 10.5 Å². The molecule has 2 aromatic rings. The molecule has 8 nitrogen and oxygen atoms in total. The van der Waals surface area contributed by atoms with E-state index in [1.807, 2.05) is 27.7 Å². The van der Waals surface area contributed by atoms with Gasteiger partial charge in [0.2, 0.25) is 5.88 Å². The maximum Gasteiger partial charge on any atom is 0.331 e. The van der Waals surface area contributed by atoms with Crippen LogP contribution in [0, 0.1) is 0 Å². The zero-order chi connectivity index (χ0) is 21.4. The molecular weight excluding hydrogens is 376 g/mol. The molecule has 0 atom stereocenters. The highest BCUT2D eigenvalue weighted by Gasteiger charge is 2.19. The van der Waals surface area contributed by atoms with Crippen molar-refractivity contribution in [3.05, 3.63) is 41.6 Å². The topological polar surface area (TPSA) is 99.9 Å². The van der Waals surface area contributed by atoms with Crippen LogP contribution in [0.2, 0.25) is 0 Å². The third-order valence-electron chi connectivity index (χ3n) is 3.79. The minimum atomic E-state index is -0.652. The van der Waals surface area contributed by atoms with Gasteiger partial charge in [-0.2, -0.15) is 0 Å². The van der Waals surface area contributed by atoms with E-state index in [0.717, 1.165) is 5.56 Å². The number of esters is 1. The van der Waals surface area contributed by atoms with Crippen molar-refractivity contribution in [1.29, 1.82) is 0 Å². The van der Waals surface area contributed by atoms with Gasteiger partial charge in [0.25, 0.3) is 5.91 Å². The van der Waals surface area contributed by atoms with Crippen LogP contribution < -0.4 is 14.8 Å². The molecule has 0 spiro atoms. The van der Waals surface area contributed by atoms with E-state index in [1.54, 1.807) is 30.3 Å². The van der Waals surface area contributed by atoms with Crippen LogP contribution in [-0.2, 0) is 19.7 Å². The lowest BCUT2D eigenvalue weighted by atomic mass is 9.92. The second kappa shape index (κ2) is 9.77. The summed E-state index contributed by atoms with van der Waals surface area (Å²) in [6, 6.07) is 6.90. The number of rotatable bonds is 8. The monoisotopic (exact) mass is 402 g/mol. The SMILES string of the molecule is CCOc1ccc(/C=C/C(=O)OCC(=O)Nc2cc(C(C)(C)C)no2)cc1OC. The summed E-state index contributed by atoms with van der Waals surface area (Å²) < 4.78 is 20.7. The molecule has 0 radical (unpaired) electrons. The highest BCUT2D eigenvalue weighted by molar-refractivity contribution is 5.93. The highest BCUT2D eigenvalue weighted by Crippen LogP contribution is 2.28. The summed E-state index contributed by atoms with van der Waals surface area (Å²) in [5, 5.41) is 6.40. The summed E-state index contributed by atoms with van der Waals surface area (Å²) in [7, 11) is 1.54. The number of aromatic nitrogens is 1. The van der Waals surface area contributed by atoms with E-state index in [-0.39, 0.29) is 11.3 Å².